The van der Waals surface area contributed by atoms with Crippen LogP contribution in [0, 0.1) is 11.3 Å². The number of nitrogens with one attached hydrogen (secondary N) is 2. The third-order valence-electron chi connectivity index (χ3n) is 2.22. The van der Waals surface area contributed by atoms with E-state index in [0.717, 1.165) is 6.54 Å². The van der Waals surface area contributed by atoms with Crippen LogP contribution in [0.1, 0.15) is 12.5 Å². The van der Waals surface area contributed by atoms with Crippen molar-refractivity contribution in [1.82, 2.24) is 10.0 Å². The summed E-state index contributed by atoms with van der Waals surface area (Å²) >= 11 is 5.79. The van der Waals surface area contributed by atoms with Crippen LogP contribution in [0.4, 0.5) is 0 Å². The zero-order valence-electron chi connectivity index (χ0n) is 10.3. The van der Waals surface area contributed by atoms with Gasteiger partial charge in [0.05, 0.1) is 10.6 Å². The first-order valence-corrected chi connectivity index (χ1v) is 7.28. The van der Waals surface area contributed by atoms with Gasteiger partial charge in [-0.15, -0.1) is 12.4 Å². The third kappa shape index (κ3) is 4.97. The Morgan fingerprint density at radius 3 is 2.63 bits per heavy atom. The second kappa shape index (κ2) is 8.35. The molecule has 19 heavy (non-hydrogen) atoms. The summed E-state index contributed by atoms with van der Waals surface area (Å²) in [6, 6.07) is 6.15. The molecule has 0 saturated carbocycles. The Balaban J connectivity index is 0.00000324. The van der Waals surface area contributed by atoms with Crippen molar-refractivity contribution in [3.63, 3.8) is 0 Å². The van der Waals surface area contributed by atoms with Gasteiger partial charge in [-0.2, -0.15) is 5.26 Å². The molecular weight excluding hydrogens is 309 g/mol. The molecule has 0 saturated heterocycles. The summed E-state index contributed by atoms with van der Waals surface area (Å²) in [5.41, 5.74) is -0.0323. The third-order valence-corrected chi connectivity index (χ3v) is 4.04. The van der Waals surface area contributed by atoms with E-state index in [1.165, 1.54) is 18.2 Å². The van der Waals surface area contributed by atoms with Crippen LogP contribution in [-0.2, 0) is 10.0 Å². The first-order chi connectivity index (χ1) is 8.53. The lowest BCUT2D eigenvalue weighted by molar-refractivity contribution is 0.577. The van der Waals surface area contributed by atoms with E-state index in [9.17, 15) is 8.42 Å². The van der Waals surface area contributed by atoms with Crippen LogP contribution in [0.2, 0.25) is 5.02 Å². The molecule has 0 aliphatic heterocycles. The Bertz CT molecular complexity index is 556. The van der Waals surface area contributed by atoms with Crippen molar-refractivity contribution in [3.05, 3.63) is 28.8 Å². The van der Waals surface area contributed by atoms with E-state index in [1.54, 1.807) is 6.07 Å². The number of sulfonamides is 1. The minimum absolute atomic E-state index is 0. The maximum absolute atomic E-state index is 12.0. The second-order valence-corrected chi connectivity index (χ2v) is 5.62. The Morgan fingerprint density at radius 1 is 1.37 bits per heavy atom. The lowest BCUT2D eigenvalue weighted by Gasteiger charge is -2.09. The van der Waals surface area contributed by atoms with Gasteiger partial charge < -0.3 is 5.32 Å². The predicted octanol–water partition coefficient (Wildman–Crippen LogP) is 1.52. The molecule has 1 aromatic carbocycles. The van der Waals surface area contributed by atoms with Gasteiger partial charge in [-0.05, 0) is 18.7 Å². The van der Waals surface area contributed by atoms with Crippen LogP contribution in [-0.4, -0.2) is 28.1 Å². The second-order valence-electron chi connectivity index (χ2n) is 3.48. The normalized spacial score (nSPS) is 10.6. The van der Waals surface area contributed by atoms with Crippen LogP contribution < -0.4 is 10.0 Å². The van der Waals surface area contributed by atoms with E-state index in [2.05, 4.69) is 10.0 Å². The highest BCUT2D eigenvalue weighted by molar-refractivity contribution is 7.89. The fourth-order valence-electron chi connectivity index (χ4n) is 1.37. The Morgan fingerprint density at radius 2 is 2.05 bits per heavy atom. The summed E-state index contributed by atoms with van der Waals surface area (Å²) in [7, 11) is -3.70. The molecule has 0 aromatic heterocycles. The fourth-order valence-corrected chi connectivity index (χ4v) is 2.85. The van der Waals surface area contributed by atoms with Gasteiger partial charge in [0, 0.05) is 13.1 Å². The molecule has 0 fully saturated rings. The lowest BCUT2D eigenvalue weighted by Crippen LogP contribution is -2.32. The van der Waals surface area contributed by atoms with E-state index in [1.807, 2.05) is 6.92 Å². The van der Waals surface area contributed by atoms with Crippen molar-refractivity contribution in [1.29, 1.82) is 5.26 Å². The average Bonchev–Trinajstić information content (AvgIpc) is 2.34. The number of nitriles is 1. The van der Waals surface area contributed by atoms with Crippen molar-refractivity contribution in [2.24, 2.45) is 0 Å². The number of halogens is 2. The van der Waals surface area contributed by atoms with E-state index in [4.69, 9.17) is 16.9 Å². The largest absolute Gasteiger partial charge is 0.316 e. The molecule has 0 unspecified atom stereocenters. The summed E-state index contributed by atoms with van der Waals surface area (Å²) in [6.07, 6.45) is 0. The summed E-state index contributed by atoms with van der Waals surface area (Å²) in [5, 5.41) is 12.1. The zero-order valence-corrected chi connectivity index (χ0v) is 12.7. The van der Waals surface area contributed by atoms with Gasteiger partial charge in [0.2, 0.25) is 10.0 Å². The minimum atomic E-state index is -3.70. The van der Waals surface area contributed by atoms with Crippen molar-refractivity contribution < 1.29 is 8.42 Å². The Hall–Kier alpha value is -0.840. The first-order valence-electron chi connectivity index (χ1n) is 5.42. The number of benzene rings is 1. The standard InChI is InChI=1S/C11H14ClN3O2S.ClH/c1-2-14-6-7-15-18(16,17)11-5-3-4-10(12)9(11)8-13;/h3-5,14-15H,2,6-7H2,1H3;1H. The molecule has 2 N–H and O–H groups in total. The quantitative estimate of drug-likeness (QED) is 0.778. The molecule has 106 valence electrons. The minimum Gasteiger partial charge on any atom is -0.316 e. The van der Waals surface area contributed by atoms with E-state index < -0.39 is 10.0 Å². The molecular formula is C11H15Cl2N3O2S. The van der Waals surface area contributed by atoms with Crippen molar-refractivity contribution in [3.8, 4) is 6.07 Å². The number of likely N-dealkylation sites (N-methyl/N-ethyl adjacent to an activating group) is 1. The van der Waals surface area contributed by atoms with Gasteiger partial charge in [0.25, 0.3) is 0 Å². The van der Waals surface area contributed by atoms with Crippen molar-refractivity contribution >= 4 is 34.0 Å². The zero-order chi connectivity index (χ0) is 13.6. The first kappa shape index (κ1) is 18.2. The molecule has 0 spiro atoms. The van der Waals surface area contributed by atoms with Gasteiger partial charge >= 0.3 is 0 Å². The maximum atomic E-state index is 12.0. The van der Waals surface area contributed by atoms with Crippen LogP contribution in [0.15, 0.2) is 23.1 Å². The highest BCUT2D eigenvalue weighted by Crippen LogP contribution is 2.22. The summed E-state index contributed by atoms with van der Waals surface area (Å²) in [6.45, 7) is 3.48. The van der Waals surface area contributed by atoms with Gasteiger partial charge in [-0.3, -0.25) is 0 Å². The molecule has 0 heterocycles. The van der Waals surface area contributed by atoms with Gasteiger partial charge in [-0.25, -0.2) is 13.1 Å². The molecule has 1 aromatic rings. The number of rotatable bonds is 6. The number of hydrogen-bond donors (Lipinski definition) is 2. The molecule has 0 atom stereocenters. The van der Waals surface area contributed by atoms with Gasteiger partial charge in [0.15, 0.2) is 0 Å². The Kier molecular flexibility index (Phi) is 7.99. The molecule has 0 amide bonds. The summed E-state index contributed by atoms with van der Waals surface area (Å²) in [5.74, 6) is 0. The summed E-state index contributed by atoms with van der Waals surface area (Å²) in [4.78, 5) is -0.0889. The number of hydrogen-bond acceptors (Lipinski definition) is 4. The van der Waals surface area contributed by atoms with E-state index in [0.29, 0.717) is 6.54 Å². The molecule has 0 radical (unpaired) electrons. The molecule has 8 heteroatoms. The Labute approximate surface area is 124 Å². The van der Waals surface area contributed by atoms with Gasteiger partial charge in [-0.1, -0.05) is 24.6 Å². The van der Waals surface area contributed by atoms with Crippen molar-refractivity contribution in [2.45, 2.75) is 11.8 Å². The topological polar surface area (TPSA) is 82.0 Å². The summed E-state index contributed by atoms with van der Waals surface area (Å²) < 4.78 is 26.4. The van der Waals surface area contributed by atoms with E-state index >= 15 is 0 Å². The molecule has 0 aliphatic carbocycles. The van der Waals surface area contributed by atoms with Crippen LogP contribution >= 0.6 is 24.0 Å². The van der Waals surface area contributed by atoms with Crippen molar-refractivity contribution in [2.75, 3.05) is 19.6 Å². The SMILES string of the molecule is CCNCCNS(=O)(=O)c1cccc(Cl)c1C#N.Cl. The average molecular weight is 324 g/mol. The lowest BCUT2D eigenvalue weighted by atomic mass is 10.2. The highest BCUT2D eigenvalue weighted by atomic mass is 35.5. The maximum Gasteiger partial charge on any atom is 0.241 e. The fraction of sp³-hybridized carbons (Fsp3) is 0.364. The molecule has 1 rings (SSSR count). The van der Waals surface area contributed by atoms with Gasteiger partial charge in [0.1, 0.15) is 11.0 Å². The number of nitrogens with zero attached hydrogens (tertiary/aromatic N) is 1. The predicted molar refractivity (Wildman–Crippen MR) is 77.1 cm³/mol. The monoisotopic (exact) mass is 323 g/mol. The van der Waals surface area contributed by atoms with Crippen LogP contribution in [0.3, 0.4) is 0 Å². The van der Waals surface area contributed by atoms with E-state index in [-0.39, 0.29) is 34.4 Å². The molecule has 0 aliphatic rings. The molecule has 5 nitrogen and oxygen atoms in total. The van der Waals surface area contributed by atoms with Crippen LogP contribution in [0.25, 0.3) is 0 Å². The highest BCUT2D eigenvalue weighted by Gasteiger charge is 2.19. The van der Waals surface area contributed by atoms with Crippen LogP contribution in [0.5, 0.6) is 0 Å². The molecule has 0 bridgehead atoms. The smallest absolute Gasteiger partial charge is 0.241 e.